The van der Waals surface area contributed by atoms with Crippen molar-refractivity contribution in [3.63, 3.8) is 0 Å². The molecule has 16 heavy (non-hydrogen) atoms. The second-order valence-electron chi connectivity index (χ2n) is 3.54. The maximum Gasteiger partial charge on any atom is 0.146 e. The molecule has 0 saturated heterocycles. The van der Waals surface area contributed by atoms with Crippen LogP contribution in [0.1, 0.15) is 11.3 Å². The third-order valence-electron chi connectivity index (χ3n) is 2.35. The summed E-state index contributed by atoms with van der Waals surface area (Å²) < 4.78 is 1.14. The average molecular weight is 278 g/mol. The number of aryl methyl sites for hydroxylation is 2. The number of benzene rings is 1. The van der Waals surface area contributed by atoms with Gasteiger partial charge in [-0.05, 0) is 36.6 Å². The second kappa shape index (κ2) is 5.07. The van der Waals surface area contributed by atoms with Gasteiger partial charge in [-0.2, -0.15) is 5.10 Å². The van der Waals surface area contributed by atoms with Crippen molar-refractivity contribution in [2.45, 2.75) is 12.8 Å². The number of halogens is 1. The Morgan fingerprint density at radius 1 is 1.00 bits per heavy atom. The zero-order valence-electron chi connectivity index (χ0n) is 8.73. The standard InChI is InChI=1S/C12H12BrN3/c13-11-4-2-1-3-9(11)5-6-10-7-8-12(14)16-15-10/h1-4,7-8H,5-6H2,(H2,14,16). The van der Waals surface area contributed by atoms with Gasteiger partial charge >= 0.3 is 0 Å². The molecule has 0 spiro atoms. The number of anilines is 1. The molecule has 0 aliphatic carbocycles. The van der Waals surface area contributed by atoms with Crippen LogP contribution in [0.4, 0.5) is 5.82 Å². The summed E-state index contributed by atoms with van der Waals surface area (Å²) >= 11 is 3.53. The topological polar surface area (TPSA) is 51.8 Å². The molecule has 3 nitrogen and oxygen atoms in total. The van der Waals surface area contributed by atoms with E-state index in [1.165, 1.54) is 5.56 Å². The van der Waals surface area contributed by atoms with Crippen molar-refractivity contribution < 1.29 is 0 Å². The van der Waals surface area contributed by atoms with Crippen LogP contribution in [-0.2, 0) is 12.8 Å². The second-order valence-corrected chi connectivity index (χ2v) is 4.40. The average Bonchev–Trinajstić information content (AvgIpc) is 2.30. The molecule has 1 aromatic heterocycles. The van der Waals surface area contributed by atoms with Crippen LogP contribution >= 0.6 is 15.9 Å². The molecule has 0 bridgehead atoms. The third kappa shape index (κ3) is 2.79. The quantitative estimate of drug-likeness (QED) is 0.938. The Labute approximate surface area is 103 Å². The van der Waals surface area contributed by atoms with Crippen LogP contribution in [-0.4, -0.2) is 10.2 Å². The van der Waals surface area contributed by atoms with Crippen LogP contribution in [0.2, 0.25) is 0 Å². The smallest absolute Gasteiger partial charge is 0.146 e. The summed E-state index contributed by atoms with van der Waals surface area (Å²) in [5.74, 6) is 0.463. The molecule has 0 saturated carbocycles. The minimum Gasteiger partial charge on any atom is -0.382 e. The van der Waals surface area contributed by atoms with E-state index in [2.05, 4.69) is 32.2 Å². The Hall–Kier alpha value is -1.42. The summed E-state index contributed by atoms with van der Waals surface area (Å²) in [7, 11) is 0. The van der Waals surface area contributed by atoms with Gasteiger partial charge in [0.1, 0.15) is 5.82 Å². The Kier molecular flexibility index (Phi) is 3.51. The normalized spacial score (nSPS) is 10.3. The van der Waals surface area contributed by atoms with Gasteiger partial charge in [0.25, 0.3) is 0 Å². The van der Waals surface area contributed by atoms with Crippen LogP contribution in [0.3, 0.4) is 0 Å². The van der Waals surface area contributed by atoms with E-state index in [0.29, 0.717) is 5.82 Å². The van der Waals surface area contributed by atoms with E-state index in [-0.39, 0.29) is 0 Å². The predicted octanol–water partition coefficient (Wildman–Crippen LogP) is 2.61. The van der Waals surface area contributed by atoms with Crippen molar-refractivity contribution >= 4 is 21.7 Å². The Morgan fingerprint density at radius 2 is 1.81 bits per heavy atom. The molecule has 82 valence electrons. The number of rotatable bonds is 3. The molecule has 0 atom stereocenters. The molecule has 1 aromatic carbocycles. The molecular weight excluding hydrogens is 266 g/mol. The lowest BCUT2D eigenvalue weighted by Crippen LogP contribution is -1.99. The highest BCUT2D eigenvalue weighted by Gasteiger charge is 2.00. The Balaban J connectivity index is 2.02. The monoisotopic (exact) mass is 277 g/mol. The van der Waals surface area contributed by atoms with Crippen molar-refractivity contribution in [1.29, 1.82) is 0 Å². The molecule has 0 aliphatic rings. The van der Waals surface area contributed by atoms with Gasteiger partial charge < -0.3 is 5.73 Å². The van der Waals surface area contributed by atoms with Crippen molar-refractivity contribution in [1.82, 2.24) is 10.2 Å². The van der Waals surface area contributed by atoms with E-state index < -0.39 is 0 Å². The van der Waals surface area contributed by atoms with E-state index in [4.69, 9.17) is 5.73 Å². The lowest BCUT2D eigenvalue weighted by molar-refractivity contribution is 0.860. The molecule has 0 unspecified atom stereocenters. The van der Waals surface area contributed by atoms with E-state index in [1.807, 2.05) is 24.3 Å². The van der Waals surface area contributed by atoms with Crippen LogP contribution in [0.5, 0.6) is 0 Å². The molecule has 2 N–H and O–H groups in total. The van der Waals surface area contributed by atoms with Gasteiger partial charge in [-0.1, -0.05) is 34.1 Å². The third-order valence-corrected chi connectivity index (χ3v) is 3.12. The number of aromatic nitrogens is 2. The first-order valence-corrected chi connectivity index (χ1v) is 5.86. The van der Waals surface area contributed by atoms with Gasteiger partial charge in [-0.15, -0.1) is 5.10 Å². The Morgan fingerprint density at radius 3 is 2.50 bits per heavy atom. The van der Waals surface area contributed by atoms with E-state index >= 15 is 0 Å². The SMILES string of the molecule is Nc1ccc(CCc2ccccc2Br)nn1. The van der Waals surface area contributed by atoms with E-state index in [9.17, 15) is 0 Å². The van der Waals surface area contributed by atoms with E-state index in [1.54, 1.807) is 6.07 Å². The lowest BCUT2D eigenvalue weighted by Gasteiger charge is -2.03. The molecule has 1 heterocycles. The van der Waals surface area contributed by atoms with Crippen LogP contribution in [0.15, 0.2) is 40.9 Å². The summed E-state index contributed by atoms with van der Waals surface area (Å²) in [5, 5.41) is 7.86. The maximum absolute atomic E-state index is 5.48. The number of hydrogen-bond acceptors (Lipinski definition) is 3. The highest BCUT2D eigenvalue weighted by atomic mass is 79.9. The van der Waals surface area contributed by atoms with Crippen LogP contribution in [0.25, 0.3) is 0 Å². The Bertz CT molecular complexity index is 468. The molecule has 0 fully saturated rings. The molecule has 0 radical (unpaired) electrons. The molecule has 2 aromatic rings. The summed E-state index contributed by atoms with van der Waals surface area (Å²) in [6.45, 7) is 0. The van der Waals surface area contributed by atoms with Gasteiger partial charge in [0.2, 0.25) is 0 Å². The first-order valence-electron chi connectivity index (χ1n) is 5.07. The highest BCUT2D eigenvalue weighted by Crippen LogP contribution is 2.17. The minimum absolute atomic E-state index is 0.463. The highest BCUT2D eigenvalue weighted by molar-refractivity contribution is 9.10. The minimum atomic E-state index is 0.463. The van der Waals surface area contributed by atoms with Gasteiger partial charge in [0.15, 0.2) is 0 Å². The van der Waals surface area contributed by atoms with Gasteiger partial charge in [0.05, 0.1) is 5.69 Å². The molecular formula is C12H12BrN3. The molecule has 0 aliphatic heterocycles. The summed E-state index contributed by atoms with van der Waals surface area (Å²) in [5.41, 5.74) is 7.72. The van der Waals surface area contributed by atoms with Gasteiger partial charge in [-0.3, -0.25) is 0 Å². The van der Waals surface area contributed by atoms with Gasteiger partial charge in [-0.25, -0.2) is 0 Å². The van der Waals surface area contributed by atoms with Crippen LogP contribution < -0.4 is 5.73 Å². The summed E-state index contributed by atoms with van der Waals surface area (Å²) in [4.78, 5) is 0. The summed E-state index contributed by atoms with van der Waals surface area (Å²) in [6.07, 6.45) is 1.82. The van der Waals surface area contributed by atoms with Gasteiger partial charge in [0, 0.05) is 4.47 Å². The van der Waals surface area contributed by atoms with Crippen molar-refractivity contribution in [2.24, 2.45) is 0 Å². The number of nitrogens with two attached hydrogens (primary N) is 1. The predicted molar refractivity (Wildman–Crippen MR) is 68.0 cm³/mol. The number of nitrogen functional groups attached to an aromatic ring is 1. The van der Waals surface area contributed by atoms with Crippen molar-refractivity contribution in [2.75, 3.05) is 5.73 Å². The first kappa shape index (κ1) is 11.1. The zero-order chi connectivity index (χ0) is 11.4. The summed E-state index contributed by atoms with van der Waals surface area (Å²) in [6, 6.07) is 11.9. The fourth-order valence-corrected chi connectivity index (χ4v) is 1.95. The zero-order valence-corrected chi connectivity index (χ0v) is 10.3. The van der Waals surface area contributed by atoms with Crippen molar-refractivity contribution in [3.05, 3.63) is 52.1 Å². The van der Waals surface area contributed by atoms with Crippen molar-refractivity contribution in [3.8, 4) is 0 Å². The molecule has 4 heteroatoms. The first-order chi connectivity index (χ1) is 7.75. The molecule has 0 amide bonds. The lowest BCUT2D eigenvalue weighted by atomic mass is 10.1. The maximum atomic E-state index is 5.48. The fourth-order valence-electron chi connectivity index (χ4n) is 1.47. The largest absolute Gasteiger partial charge is 0.382 e. The van der Waals surface area contributed by atoms with E-state index in [0.717, 1.165) is 23.0 Å². The number of nitrogens with zero attached hydrogens (tertiary/aromatic N) is 2. The molecule has 2 rings (SSSR count). The fraction of sp³-hybridized carbons (Fsp3) is 0.167. The number of hydrogen-bond donors (Lipinski definition) is 1. The van der Waals surface area contributed by atoms with Crippen LogP contribution in [0, 0.1) is 0 Å².